The maximum atomic E-state index is 12.4. The van der Waals surface area contributed by atoms with Gasteiger partial charge in [-0.15, -0.1) is 0 Å². The summed E-state index contributed by atoms with van der Waals surface area (Å²) in [4.78, 5) is 47.0. The smallest absolute Gasteiger partial charge is 0.325 e. The fraction of sp³-hybridized carbons (Fsp3) is 0.733. The number of aliphatic hydroxyl groups is 1. The van der Waals surface area contributed by atoms with Crippen LogP contribution in [-0.2, 0) is 19.2 Å². The number of amides is 3. The van der Waals surface area contributed by atoms with Crippen LogP contribution in [0.25, 0.3) is 0 Å². The standard InChI is InChI=1S/C15H28N4O6S/c1-7(12(21)18-8(2)15(24)25)17-13(22)10(5-6-26-4)19-14(23)11(16)9(3)20/h7-11,20H,5-6,16H2,1-4H3,(H,17,22)(H,18,21)(H,19,23)(H,24,25). The molecule has 0 bridgehead atoms. The number of carbonyl (C=O) groups is 4. The molecule has 0 saturated heterocycles. The van der Waals surface area contributed by atoms with E-state index >= 15 is 0 Å². The van der Waals surface area contributed by atoms with Gasteiger partial charge in [-0.2, -0.15) is 11.8 Å². The Bertz CT molecular complexity index is 516. The first-order valence-electron chi connectivity index (χ1n) is 8.07. The van der Waals surface area contributed by atoms with E-state index < -0.39 is 54.0 Å². The molecule has 10 nitrogen and oxygen atoms in total. The van der Waals surface area contributed by atoms with Crippen LogP contribution < -0.4 is 21.7 Å². The maximum Gasteiger partial charge on any atom is 0.325 e. The molecule has 0 aromatic rings. The quantitative estimate of drug-likeness (QED) is 0.235. The third-order valence-electron chi connectivity index (χ3n) is 3.55. The van der Waals surface area contributed by atoms with E-state index in [1.165, 1.54) is 32.5 Å². The lowest BCUT2D eigenvalue weighted by Gasteiger charge is -2.23. The van der Waals surface area contributed by atoms with Gasteiger partial charge in [0.1, 0.15) is 24.2 Å². The summed E-state index contributed by atoms with van der Waals surface area (Å²) >= 11 is 1.47. The van der Waals surface area contributed by atoms with Gasteiger partial charge in [0.15, 0.2) is 0 Å². The van der Waals surface area contributed by atoms with Gasteiger partial charge in [0.25, 0.3) is 0 Å². The number of aliphatic carboxylic acids is 1. The number of nitrogens with one attached hydrogen (secondary N) is 3. The molecule has 0 spiro atoms. The highest BCUT2D eigenvalue weighted by molar-refractivity contribution is 7.98. The Kier molecular flexibility index (Phi) is 10.9. The van der Waals surface area contributed by atoms with Crippen LogP contribution in [-0.4, -0.2) is 76.2 Å². The Labute approximate surface area is 156 Å². The summed E-state index contributed by atoms with van der Waals surface area (Å²) < 4.78 is 0. The largest absolute Gasteiger partial charge is 0.480 e. The molecule has 26 heavy (non-hydrogen) atoms. The van der Waals surface area contributed by atoms with Crippen LogP contribution in [0.3, 0.4) is 0 Å². The second kappa shape index (κ2) is 11.7. The van der Waals surface area contributed by atoms with Crippen molar-refractivity contribution >= 4 is 35.5 Å². The molecular weight excluding hydrogens is 364 g/mol. The van der Waals surface area contributed by atoms with Crippen molar-refractivity contribution in [1.82, 2.24) is 16.0 Å². The molecule has 0 rings (SSSR count). The molecule has 0 radical (unpaired) electrons. The first kappa shape index (κ1) is 24.1. The number of carboxylic acid groups (broad SMARTS) is 1. The summed E-state index contributed by atoms with van der Waals surface area (Å²) in [6, 6.07) is -4.22. The molecule has 0 aromatic heterocycles. The minimum Gasteiger partial charge on any atom is -0.480 e. The molecule has 0 aromatic carbocycles. The van der Waals surface area contributed by atoms with Crippen LogP contribution in [0.4, 0.5) is 0 Å². The van der Waals surface area contributed by atoms with E-state index in [9.17, 15) is 24.3 Å². The zero-order valence-electron chi connectivity index (χ0n) is 15.3. The predicted octanol–water partition coefficient (Wildman–Crippen LogP) is -1.97. The highest BCUT2D eigenvalue weighted by Crippen LogP contribution is 2.03. The lowest BCUT2D eigenvalue weighted by molar-refractivity contribution is -0.141. The molecule has 5 unspecified atom stereocenters. The van der Waals surface area contributed by atoms with E-state index in [-0.39, 0.29) is 0 Å². The molecule has 5 atom stereocenters. The molecule has 3 amide bonds. The number of rotatable bonds is 11. The van der Waals surface area contributed by atoms with Gasteiger partial charge in [-0.05, 0) is 39.2 Å². The van der Waals surface area contributed by atoms with E-state index in [1.807, 2.05) is 6.26 Å². The van der Waals surface area contributed by atoms with Crippen molar-refractivity contribution in [3.05, 3.63) is 0 Å². The number of aliphatic hydroxyl groups excluding tert-OH is 1. The topological polar surface area (TPSA) is 171 Å². The van der Waals surface area contributed by atoms with Gasteiger partial charge < -0.3 is 31.9 Å². The minimum atomic E-state index is -1.20. The first-order valence-corrected chi connectivity index (χ1v) is 9.47. The summed E-state index contributed by atoms with van der Waals surface area (Å²) in [5.41, 5.74) is 5.55. The number of carboxylic acids is 1. The normalized spacial score (nSPS) is 16.5. The van der Waals surface area contributed by atoms with Gasteiger partial charge in [0.05, 0.1) is 6.10 Å². The van der Waals surface area contributed by atoms with E-state index in [2.05, 4.69) is 16.0 Å². The number of carbonyl (C=O) groups excluding carboxylic acids is 3. The molecule has 11 heteroatoms. The van der Waals surface area contributed by atoms with Crippen molar-refractivity contribution in [3.8, 4) is 0 Å². The van der Waals surface area contributed by atoms with Gasteiger partial charge in [-0.1, -0.05) is 0 Å². The Hall–Kier alpha value is -1.85. The van der Waals surface area contributed by atoms with Crippen molar-refractivity contribution in [2.75, 3.05) is 12.0 Å². The van der Waals surface area contributed by atoms with Crippen LogP contribution in [0, 0.1) is 0 Å². The monoisotopic (exact) mass is 392 g/mol. The van der Waals surface area contributed by atoms with Crippen molar-refractivity contribution in [3.63, 3.8) is 0 Å². The summed E-state index contributed by atoms with van der Waals surface area (Å²) in [5.74, 6) is -2.58. The zero-order valence-corrected chi connectivity index (χ0v) is 16.1. The molecule has 7 N–H and O–H groups in total. The fourth-order valence-electron chi connectivity index (χ4n) is 1.77. The van der Waals surface area contributed by atoms with Gasteiger partial charge in [0, 0.05) is 0 Å². The van der Waals surface area contributed by atoms with Crippen LogP contribution in [0.2, 0.25) is 0 Å². The molecule has 0 fully saturated rings. The van der Waals surface area contributed by atoms with Crippen molar-refractivity contribution in [1.29, 1.82) is 0 Å². The minimum absolute atomic E-state index is 0.297. The average molecular weight is 392 g/mol. The molecule has 0 aliphatic carbocycles. The van der Waals surface area contributed by atoms with E-state index in [0.29, 0.717) is 12.2 Å². The molecule has 0 aliphatic rings. The lowest BCUT2D eigenvalue weighted by atomic mass is 10.1. The fourth-order valence-corrected chi connectivity index (χ4v) is 2.24. The van der Waals surface area contributed by atoms with Gasteiger partial charge >= 0.3 is 5.97 Å². The average Bonchev–Trinajstić information content (AvgIpc) is 2.56. The summed E-state index contributed by atoms with van der Waals surface area (Å²) in [7, 11) is 0. The third kappa shape index (κ3) is 8.50. The van der Waals surface area contributed by atoms with Gasteiger partial charge in [-0.25, -0.2) is 0 Å². The second-order valence-corrected chi connectivity index (χ2v) is 6.89. The summed E-state index contributed by atoms with van der Waals surface area (Å²) in [6.45, 7) is 4.06. The maximum absolute atomic E-state index is 12.4. The van der Waals surface area contributed by atoms with Crippen molar-refractivity contribution in [2.45, 2.75) is 57.5 Å². The van der Waals surface area contributed by atoms with Gasteiger partial charge in [-0.3, -0.25) is 19.2 Å². The summed E-state index contributed by atoms with van der Waals surface area (Å²) in [6.07, 6.45) is 1.05. The molecule has 0 saturated carbocycles. The lowest BCUT2D eigenvalue weighted by Crippen LogP contribution is -2.57. The first-order chi connectivity index (χ1) is 12.0. The van der Waals surface area contributed by atoms with Crippen molar-refractivity contribution < 1.29 is 29.4 Å². The Morgan fingerprint density at radius 3 is 1.96 bits per heavy atom. The number of hydrogen-bond acceptors (Lipinski definition) is 7. The van der Waals surface area contributed by atoms with Gasteiger partial charge in [0.2, 0.25) is 17.7 Å². The number of nitrogens with two attached hydrogens (primary N) is 1. The van der Waals surface area contributed by atoms with Crippen LogP contribution >= 0.6 is 11.8 Å². The zero-order chi connectivity index (χ0) is 20.4. The predicted molar refractivity (Wildman–Crippen MR) is 97.4 cm³/mol. The highest BCUT2D eigenvalue weighted by Gasteiger charge is 2.28. The molecular formula is C15H28N4O6S. The van der Waals surface area contributed by atoms with E-state index in [4.69, 9.17) is 10.8 Å². The SMILES string of the molecule is CSCCC(NC(=O)C(N)C(C)O)C(=O)NC(C)C(=O)NC(C)C(=O)O. The van der Waals surface area contributed by atoms with Crippen LogP contribution in [0.15, 0.2) is 0 Å². The Morgan fingerprint density at radius 1 is 0.962 bits per heavy atom. The Morgan fingerprint density at radius 2 is 1.50 bits per heavy atom. The van der Waals surface area contributed by atoms with E-state index in [1.54, 1.807) is 0 Å². The van der Waals surface area contributed by atoms with Crippen LogP contribution in [0.5, 0.6) is 0 Å². The Balaban J connectivity index is 4.88. The number of thioether (sulfide) groups is 1. The molecule has 0 aliphatic heterocycles. The summed E-state index contributed by atoms with van der Waals surface area (Å²) in [5, 5.41) is 25.3. The van der Waals surface area contributed by atoms with E-state index in [0.717, 1.165) is 0 Å². The third-order valence-corrected chi connectivity index (χ3v) is 4.19. The molecule has 0 heterocycles. The number of hydrogen-bond donors (Lipinski definition) is 6. The van der Waals surface area contributed by atoms with Crippen LogP contribution in [0.1, 0.15) is 27.2 Å². The van der Waals surface area contributed by atoms with Crippen molar-refractivity contribution in [2.24, 2.45) is 5.73 Å². The second-order valence-electron chi connectivity index (χ2n) is 5.91. The highest BCUT2D eigenvalue weighted by atomic mass is 32.2. The molecule has 150 valence electrons.